The van der Waals surface area contributed by atoms with Crippen molar-refractivity contribution in [2.75, 3.05) is 6.61 Å². The highest BCUT2D eigenvalue weighted by Crippen LogP contribution is 2.19. The Morgan fingerprint density at radius 3 is 2.50 bits per heavy atom. The van der Waals surface area contributed by atoms with Gasteiger partial charge in [-0.3, -0.25) is 4.79 Å². The number of ether oxygens (including phenoxy) is 1. The lowest BCUT2D eigenvalue weighted by Gasteiger charge is -2.09. The average molecular weight is 294 g/mol. The first-order valence-corrected chi connectivity index (χ1v) is 7.65. The first-order valence-electron chi connectivity index (χ1n) is 7.65. The van der Waals surface area contributed by atoms with Crippen LogP contribution >= 0.6 is 0 Å². The molecule has 0 spiro atoms. The van der Waals surface area contributed by atoms with Gasteiger partial charge in [-0.1, -0.05) is 49.1 Å². The number of aryl methyl sites for hydroxylation is 1. The first kappa shape index (κ1) is 16.0. The zero-order valence-electron chi connectivity index (χ0n) is 13.0. The van der Waals surface area contributed by atoms with E-state index < -0.39 is 0 Å². The monoisotopic (exact) mass is 294 g/mol. The molecular weight excluding hydrogens is 272 g/mol. The van der Waals surface area contributed by atoms with Crippen LogP contribution in [-0.2, 0) is 6.42 Å². The number of hydrogen-bond donors (Lipinski definition) is 0. The number of ketones is 1. The number of benzene rings is 2. The van der Waals surface area contributed by atoms with Gasteiger partial charge in [0.2, 0.25) is 0 Å². The van der Waals surface area contributed by atoms with Crippen LogP contribution in [0, 0.1) is 0 Å². The molecule has 0 amide bonds. The molecule has 0 bridgehead atoms. The Kier molecular flexibility index (Phi) is 5.96. The van der Waals surface area contributed by atoms with Crippen molar-refractivity contribution in [3.8, 4) is 5.75 Å². The van der Waals surface area contributed by atoms with Crippen LogP contribution in [-0.4, -0.2) is 12.4 Å². The molecule has 114 valence electrons. The Labute approximate surface area is 132 Å². The van der Waals surface area contributed by atoms with Crippen molar-refractivity contribution < 1.29 is 9.53 Å². The number of Topliss-reactive ketones (excluding diaryl/α,β-unsaturated/α-hetero) is 1. The van der Waals surface area contributed by atoms with Crippen LogP contribution in [0.2, 0.25) is 0 Å². The van der Waals surface area contributed by atoms with Crippen LogP contribution in [0.5, 0.6) is 5.75 Å². The first-order chi connectivity index (χ1) is 10.7. The molecule has 0 atom stereocenters. The lowest BCUT2D eigenvalue weighted by atomic mass is 10.1. The summed E-state index contributed by atoms with van der Waals surface area (Å²) in [5.41, 5.74) is 3.13. The quantitative estimate of drug-likeness (QED) is 0.509. The van der Waals surface area contributed by atoms with Gasteiger partial charge in [0.15, 0.2) is 5.78 Å². The highest BCUT2D eigenvalue weighted by molar-refractivity contribution is 5.96. The van der Waals surface area contributed by atoms with Gasteiger partial charge in [-0.2, -0.15) is 0 Å². The molecule has 0 fully saturated rings. The van der Waals surface area contributed by atoms with E-state index in [0.29, 0.717) is 17.9 Å². The van der Waals surface area contributed by atoms with Crippen molar-refractivity contribution in [2.45, 2.75) is 26.2 Å². The van der Waals surface area contributed by atoms with E-state index in [2.05, 4.69) is 30.8 Å². The van der Waals surface area contributed by atoms with Gasteiger partial charge < -0.3 is 4.74 Å². The molecule has 0 saturated carbocycles. The molecule has 2 heteroatoms. The summed E-state index contributed by atoms with van der Waals surface area (Å²) in [4.78, 5) is 11.5. The van der Waals surface area contributed by atoms with Crippen LogP contribution in [0.4, 0.5) is 0 Å². The fourth-order valence-corrected chi connectivity index (χ4v) is 2.32. The highest BCUT2D eigenvalue weighted by Gasteiger charge is 2.06. The van der Waals surface area contributed by atoms with E-state index in [0.717, 1.165) is 24.8 Å². The van der Waals surface area contributed by atoms with Crippen molar-refractivity contribution in [3.63, 3.8) is 0 Å². The summed E-state index contributed by atoms with van der Waals surface area (Å²) in [5, 5.41) is 0. The third kappa shape index (κ3) is 4.59. The zero-order chi connectivity index (χ0) is 15.8. The molecule has 0 aliphatic carbocycles. The van der Waals surface area contributed by atoms with Gasteiger partial charge >= 0.3 is 0 Å². The van der Waals surface area contributed by atoms with E-state index >= 15 is 0 Å². The summed E-state index contributed by atoms with van der Waals surface area (Å²) in [7, 11) is 0. The van der Waals surface area contributed by atoms with Crippen molar-refractivity contribution in [1.29, 1.82) is 0 Å². The lowest BCUT2D eigenvalue weighted by molar-refractivity contribution is 0.101. The number of carbonyl (C=O) groups is 1. The Bertz CT molecular complexity index is 626. The molecule has 0 aliphatic heterocycles. The molecule has 0 unspecified atom stereocenters. The summed E-state index contributed by atoms with van der Waals surface area (Å²) in [6, 6.07) is 15.9. The number of unbranched alkanes of at least 4 members (excludes halogenated alkanes) is 1. The Morgan fingerprint density at radius 1 is 1.09 bits per heavy atom. The van der Waals surface area contributed by atoms with Crippen molar-refractivity contribution >= 4 is 11.9 Å². The largest absolute Gasteiger partial charge is 0.493 e. The molecule has 2 aromatic carbocycles. The summed E-state index contributed by atoms with van der Waals surface area (Å²) in [6.07, 6.45) is 4.92. The normalized spacial score (nSPS) is 10.2. The topological polar surface area (TPSA) is 26.3 Å². The van der Waals surface area contributed by atoms with E-state index in [-0.39, 0.29) is 5.78 Å². The molecule has 2 nitrogen and oxygen atoms in total. The molecule has 0 radical (unpaired) electrons. The van der Waals surface area contributed by atoms with E-state index in [1.165, 1.54) is 5.56 Å². The van der Waals surface area contributed by atoms with Crippen LogP contribution in [0.1, 0.15) is 41.3 Å². The molecule has 0 aliphatic rings. The van der Waals surface area contributed by atoms with Gasteiger partial charge in [0, 0.05) is 0 Å². The summed E-state index contributed by atoms with van der Waals surface area (Å²) in [5.74, 6) is 0.725. The van der Waals surface area contributed by atoms with Crippen LogP contribution in [0.3, 0.4) is 0 Å². The summed E-state index contributed by atoms with van der Waals surface area (Å²) in [6.45, 7) is 5.95. The van der Waals surface area contributed by atoms with E-state index in [1.54, 1.807) is 13.0 Å². The lowest BCUT2D eigenvalue weighted by Crippen LogP contribution is -2.03. The van der Waals surface area contributed by atoms with Gasteiger partial charge in [-0.15, -0.1) is 0 Å². The van der Waals surface area contributed by atoms with Crippen LogP contribution < -0.4 is 4.74 Å². The minimum absolute atomic E-state index is 0.0397. The molecule has 0 N–H and O–H groups in total. The molecule has 0 saturated heterocycles. The fourth-order valence-electron chi connectivity index (χ4n) is 2.32. The SMILES string of the molecule is C=Cc1ccc(CCCCOc2ccccc2C(C)=O)cc1. The van der Waals surface area contributed by atoms with Crippen LogP contribution in [0.15, 0.2) is 55.1 Å². The third-order valence-electron chi connectivity index (χ3n) is 3.60. The standard InChI is InChI=1S/C20H22O2/c1-3-17-11-13-18(14-12-17)8-6-7-15-22-20-10-5-4-9-19(20)16(2)21/h3-5,9-14H,1,6-8,15H2,2H3. The Hall–Kier alpha value is -2.35. The fraction of sp³-hybridized carbons (Fsp3) is 0.250. The van der Waals surface area contributed by atoms with Crippen molar-refractivity contribution in [2.24, 2.45) is 0 Å². The predicted octanol–water partition coefficient (Wildman–Crippen LogP) is 4.93. The summed E-state index contributed by atoms with van der Waals surface area (Å²) >= 11 is 0. The smallest absolute Gasteiger partial charge is 0.163 e. The molecule has 0 aromatic heterocycles. The maximum absolute atomic E-state index is 11.5. The number of hydrogen-bond acceptors (Lipinski definition) is 2. The van der Waals surface area contributed by atoms with Gasteiger partial charge in [0.25, 0.3) is 0 Å². The van der Waals surface area contributed by atoms with Crippen LogP contribution in [0.25, 0.3) is 6.08 Å². The van der Waals surface area contributed by atoms with Gasteiger partial charge in [0.1, 0.15) is 5.75 Å². The Balaban J connectivity index is 1.75. The average Bonchev–Trinajstić information content (AvgIpc) is 2.55. The number of para-hydroxylation sites is 1. The summed E-state index contributed by atoms with van der Waals surface area (Å²) < 4.78 is 5.74. The molecule has 2 rings (SSSR count). The second-order valence-corrected chi connectivity index (χ2v) is 5.30. The van der Waals surface area contributed by atoms with Crippen molar-refractivity contribution in [1.82, 2.24) is 0 Å². The predicted molar refractivity (Wildman–Crippen MR) is 91.4 cm³/mol. The number of rotatable bonds is 8. The molecular formula is C20H22O2. The van der Waals surface area contributed by atoms with E-state index in [9.17, 15) is 4.79 Å². The van der Waals surface area contributed by atoms with E-state index in [4.69, 9.17) is 4.74 Å². The number of carbonyl (C=O) groups excluding carboxylic acids is 1. The van der Waals surface area contributed by atoms with E-state index in [1.807, 2.05) is 24.3 Å². The maximum atomic E-state index is 11.5. The molecule has 2 aromatic rings. The van der Waals surface area contributed by atoms with Gasteiger partial charge in [-0.25, -0.2) is 0 Å². The second-order valence-electron chi connectivity index (χ2n) is 5.30. The molecule has 22 heavy (non-hydrogen) atoms. The Morgan fingerprint density at radius 2 is 1.82 bits per heavy atom. The van der Waals surface area contributed by atoms with Crippen molar-refractivity contribution in [3.05, 3.63) is 71.8 Å². The second kappa shape index (κ2) is 8.18. The molecule has 0 heterocycles. The highest BCUT2D eigenvalue weighted by atomic mass is 16.5. The van der Waals surface area contributed by atoms with Gasteiger partial charge in [0.05, 0.1) is 12.2 Å². The maximum Gasteiger partial charge on any atom is 0.163 e. The minimum Gasteiger partial charge on any atom is -0.493 e. The minimum atomic E-state index is 0.0397. The van der Waals surface area contributed by atoms with Gasteiger partial charge in [-0.05, 0) is 49.4 Å². The zero-order valence-corrected chi connectivity index (χ0v) is 13.0. The third-order valence-corrected chi connectivity index (χ3v) is 3.60.